The second kappa shape index (κ2) is 10.4. The summed E-state index contributed by atoms with van der Waals surface area (Å²) in [5.74, 6) is -0.288. The average Bonchev–Trinajstić information content (AvgIpc) is 3.62. The first-order valence-corrected chi connectivity index (χ1v) is 15.5. The highest BCUT2D eigenvalue weighted by atomic mass is 32.2. The lowest BCUT2D eigenvalue weighted by molar-refractivity contribution is 0.0493. The molecule has 5 rings (SSSR count). The molecule has 2 aromatic heterocycles. The molecule has 1 aliphatic heterocycles. The molecule has 1 aliphatic carbocycles. The van der Waals surface area contributed by atoms with Crippen LogP contribution >= 0.6 is 11.3 Å². The molecule has 0 bridgehead atoms. The Balaban J connectivity index is 1.66. The van der Waals surface area contributed by atoms with E-state index in [0.717, 1.165) is 24.2 Å². The third-order valence-electron chi connectivity index (χ3n) is 6.93. The fourth-order valence-corrected chi connectivity index (χ4v) is 8.12. The molecule has 1 saturated carbocycles. The highest BCUT2D eigenvalue weighted by Crippen LogP contribution is 2.47. The van der Waals surface area contributed by atoms with Gasteiger partial charge in [0.1, 0.15) is 15.4 Å². The van der Waals surface area contributed by atoms with Crippen LogP contribution in [0.2, 0.25) is 0 Å². The lowest BCUT2D eigenvalue weighted by Gasteiger charge is -2.30. The van der Waals surface area contributed by atoms with E-state index >= 15 is 0 Å². The van der Waals surface area contributed by atoms with Crippen LogP contribution in [0.5, 0.6) is 5.75 Å². The van der Waals surface area contributed by atoms with Crippen LogP contribution in [0.1, 0.15) is 68.5 Å². The number of carbonyl (C=O) groups excluding carboxylic acids is 2. The maximum Gasteiger partial charge on any atom is 0.408 e. The molecule has 1 amide bonds. The molecular formula is C28H33N3O8S2. The lowest BCUT2D eigenvalue weighted by Crippen LogP contribution is -2.44. The van der Waals surface area contributed by atoms with E-state index in [-0.39, 0.29) is 29.0 Å². The molecule has 0 radical (unpaired) electrons. The Morgan fingerprint density at radius 3 is 2.51 bits per heavy atom. The van der Waals surface area contributed by atoms with Crippen LogP contribution in [0, 0.1) is 0 Å². The molecule has 1 aromatic carbocycles. The van der Waals surface area contributed by atoms with Crippen molar-refractivity contribution in [1.29, 1.82) is 0 Å². The van der Waals surface area contributed by atoms with Gasteiger partial charge in [-0.25, -0.2) is 18.0 Å². The van der Waals surface area contributed by atoms with Gasteiger partial charge >= 0.3 is 12.1 Å². The van der Waals surface area contributed by atoms with Crippen molar-refractivity contribution in [3.8, 4) is 16.2 Å². The molecule has 0 spiro atoms. The number of rotatable bonds is 6. The number of aromatic nitrogens is 1. The fourth-order valence-electron chi connectivity index (χ4n) is 4.95. The van der Waals surface area contributed by atoms with Gasteiger partial charge in [0.05, 0.1) is 30.7 Å². The van der Waals surface area contributed by atoms with Crippen LogP contribution in [0.15, 0.2) is 33.4 Å². The maximum absolute atomic E-state index is 13.4. The summed E-state index contributed by atoms with van der Waals surface area (Å²) < 4.78 is 46.2. The number of methoxy groups -OCH3 is 1. The van der Waals surface area contributed by atoms with E-state index in [9.17, 15) is 22.8 Å². The first-order chi connectivity index (χ1) is 19.3. The van der Waals surface area contributed by atoms with Crippen LogP contribution in [0.25, 0.3) is 21.3 Å². The molecule has 220 valence electrons. The van der Waals surface area contributed by atoms with Crippen LogP contribution in [0.4, 0.5) is 4.79 Å². The standard InChI is InChI=1S/C28H33N3O8S2/c1-7-38-25(33)19-13-31(15-8-9-15)22-17(23(19)32)11-10-16(24(22)37-6)21-12-18-20(29-27(34)39-28(2,3)4)14-30(5)41(35,36)26(18)40-21/h10-13,15,20H,7-9,14H2,1-6H3,(H,29,34). The number of carbonyl (C=O) groups is 2. The third-order valence-corrected chi connectivity index (χ3v) is 10.5. The number of pyridine rings is 1. The van der Waals surface area contributed by atoms with Gasteiger partial charge in [0.15, 0.2) is 5.75 Å². The first-order valence-electron chi connectivity index (χ1n) is 13.3. The van der Waals surface area contributed by atoms with Crippen molar-refractivity contribution in [2.24, 2.45) is 0 Å². The number of hydrogen-bond acceptors (Lipinski definition) is 9. The predicted octanol–water partition coefficient (Wildman–Crippen LogP) is 4.45. The summed E-state index contributed by atoms with van der Waals surface area (Å²) in [6.45, 7) is 7.12. The van der Waals surface area contributed by atoms with Gasteiger partial charge in [0.25, 0.3) is 10.0 Å². The van der Waals surface area contributed by atoms with E-state index in [4.69, 9.17) is 14.2 Å². The van der Waals surface area contributed by atoms with E-state index in [1.54, 1.807) is 45.9 Å². The molecule has 13 heteroatoms. The third kappa shape index (κ3) is 5.33. The molecule has 1 atom stereocenters. The zero-order chi connectivity index (χ0) is 29.9. The normalized spacial score (nSPS) is 18.5. The largest absolute Gasteiger partial charge is 0.494 e. The van der Waals surface area contributed by atoms with Gasteiger partial charge in [-0.3, -0.25) is 4.79 Å². The Kier molecular flexibility index (Phi) is 7.41. The number of sulfonamides is 1. The first kappa shape index (κ1) is 29.1. The topological polar surface area (TPSA) is 133 Å². The Hall–Kier alpha value is -3.42. The average molecular weight is 604 g/mol. The minimum Gasteiger partial charge on any atom is -0.494 e. The molecule has 1 fully saturated rings. The second-order valence-electron chi connectivity index (χ2n) is 11.1. The van der Waals surface area contributed by atoms with Gasteiger partial charge in [-0.2, -0.15) is 4.31 Å². The van der Waals surface area contributed by atoms with Gasteiger partial charge in [-0.05, 0) is 58.7 Å². The molecule has 1 N–H and O–H groups in total. The zero-order valence-electron chi connectivity index (χ0n) is 23.8. The summed E-state index contributed by atoms with van der Waals surface area (Å²) in [5, 5.41) is 3.12. The number of nitrogens with one attached hydrogen (secondary N) is 1. The van der Waals surface area contributed by atoms with Gasteiger partial charge in [-0.15, -0.1) is 11.3 Å². The van der Waals surface area contributed by atoms with Gasteiger partial charge < -0.3 is 24.1 Å². The van der Waals surface area contributed by atoms with Crippen molar-refractivity contribution in [2.75, 3.05) is 27.3 Å². The predicted molar refractivity (Wildman–Crippen MR) is 154 cm³/mol. The molecule has 1 unspecified atom stereocenters. The van der Waals surface area contributed by atoms with Crippen molar-refractivity contribution in [3.05, 3.63) is 45.7 Å². The summed E-state index contributed by atoms with van der Waals surface area (Å²) in [4.78, 5) is 39.1. The summed E-state index contributed by atoms with van der Waals surface area (Å²) in [7, 11) is -0.844. The van der Waals surface area contributed by atoms with Crippen molar-refractivity contribution < 1.29 is 32.2 Å². The zero-order valence-corrected chi connectivity index (χ0v) is 25.4. The van der Waals surface area contributed by atoms with Crippen LogP contribution in [0.3, 0.4) is 0 Å². The van der Waals surface area contributed by atoms with Gasteiger partial charge in [-0.1, -0.05) is 0 Å². The molecule has 11 nitrogen and oxygen atoms in total. The van der Waals surface area contributed by atoms with Crippen molar-refractivity contribution in [3.63, 3.8) is 0 Å². The van der Waals surface area contributed by atoms with Gasteiger partial charge in [0, 0.05) is 41.8 Å². The second-order valence-corrected chi connectivity index (χ2v) is 14.4. The van der Waals surface area contributed by atoms with Crippen LogP contribution in [-0.4, -0.2) is 62.3 Å². The van der Waals surface area contributed by atoms with Gasteiger partial charge in [0.2, 0.25) is 5.43 Å². The van der Waals surface area contributed by atoms with E-state index in [0.29, 0.717) is 32.7 Å². The number of amides is 1. The number of hydrogen-bond donors (Lipinski definition) is 1. The molecule has 3 heterocycles. The SMILES string of the molecule is CCOC(=O)c1cn(C2CC2)c2c(OC)c(-c3cc4c(s3)S(=O)(=O)N(C)CC4NC(=O)OC(C)(C)C)ccc2c1=O. The number of likely N-dealkylation sites (N-methyl/N-ethyl adjacent to an activating group) is 1. The monoisotopic (exact) mass is 603 g/mol. The Morgan fingerprint density at radius 2 is 1.90 bits per heavy atom. The Labute approximate surface area is 242 Å². The lowest BCUT2D eigenvalue weighted by atomic mass is 10.0. The number of esters is 1. The van der Waals surface area contributed by atoms with Crippen molar-refractivity contribution >= 4 is 44.3 Å². The number of nitrogens with zero attached hydrogens (tertiary/aromatic N) is 2. The summed E-state index contributed by atoms with van der Waals surface area (Å²) in [5.41, 5.74) is 0.344. The summed E-state index contributed by atoms with van der Waals surface area (Å²) in [6, 6.07) is 4.51. The number of ether oxygens (including phenoxy) is 3. The molecule has 3 aromatic rings. The van der Waals surface area contributed by atoms with Crippen molar-refractivity contribution in [2.45, 2.75) is 62.4 Å². The van der Waals surface area contributed by atoms with E-state index in [1.807, 2.05) is 4.57 Å². The minimum atomic E-state index is -3.80. The summed E-state index contributed by atoms with van der Waals surface area (Å²) >= 11 is 1.07. The maximum atomic E-state index is 13.4. The number of fused-ring (bicyclic) bond motifs is 2. The van der Waals surface area contributed by atoms with E-state index in [1.165, 1.54) is 24.7 Å². The quantitative estimate of drug-likeness (QED) is 0.409. The van der Waals surface area contributed by atoms with Crippen LogP contribution < -0.4 is 15.5 Å². The van der Waals surface area contributed by atoms with E-state index in [2.05, 4.69) is 5.32 Å². The van der Waals surface area contributed by atoms with E-state index < -0.39 is 39.2 Å². The smallest absolute Gasteiger partial charge is 0.408 e. The Morgan fingerprint density at radius 1 is 1.20 bits per heavy atom. The number of alkyl carbamates (subject to hydrolysis) is 1. The highest BCUT2D eigenvalue weighted by Gasteiger charge is 2.39. The Bertz CT molecular complexity index is 1710. The molecule has 41 heavy (non-hydrogen) atoms. The molecule has 2 aliphatic rings. The van der Waals surface area contributed by atoms with Crippen molar-refractivity contribution in [1.82, 2.24) is 14.2 Å². The highest BCUT2D eigenvalue weighted by molar-refractivity contribution is 7.91. The number of thiophene rings is 1. The number of benzene rings is 1. The fraction of sp³-hybridized carbons (Fsp3) is 0.464. The van der Waals surface area contributed by atoms with Crippen LogP contribution in [-0.2, 0) is 19.5 Å². The summed E-state index contributed by atoms with van der Waals surface area (Å²) in [6.07, 6.45) is 2.64. The molecule has 0 saturated heterocycles. The minimum absolute atomic E-state index is 0.0391. The molecular weight excluding hydrogens is 570 g/mol.